The average Bonchev–Trinajstić information content (AvgIpc) is 3.34. The SMILES string of the molecule is Cc1sc2nc(CSC(C)C(=O)Nc3cc(F)c(N4CCCC4)c(F)c3)[nH]c(=O)c2c1C. The van der Waals surface area contributed by atoms with E-state index in [1.165, 1.54) is 23.1 Å². The molecule has 1 atom stereocenters. The van der Waals surface area contributed by atoms with E-state index in [9.17, 15) is 18.4 Å². The maximum atomic E-state index is 14.5. The van der Waals surface area contributed by atoms with Crippen molar-refractivity contribution in [3.05, 3.63) is 50.4 Å². The van der Waals surface area contributed by atoms with Crippen LogP contribution in [0.4, 0.5) is 20.2 Å². The van der Waals surface area contributed by atoms with Crippen molar-refractivity contribution in [1.29, 1.82) is 0 Å². The molecule has 0 spiro atoms. The number of hydrogen-bond acceptors (Lipinski definition) is 6. The molecule has 2 aromatic heterocycles. The van der Waals surface area contributed by atoms with E-state index in [0.29, 0.717) is 34.9 Å². The topological polar surface area (TPSA) is 78.1 Å². The first-order chi connectivity index (χ1) is 15.2. The molecule has 1 amide bonds. The van der Waals surface area contributed by atoms with Gasteiger partial charge in [-0.1, -0.05) is 0 Å². The van der Waals surface area contributed by atoms with Crippen LogP contribution < -0.4 is 15.8 Å². The molecule has 1 unspecified atom stereocenters. The number of thioether (sulfide) groups is 1. The molecule has 3 heterocycles. The minimum Gasteiger partial charge on any atom is -0.367 e. The fourth-order valence-electron chi connectivity index (χ4n) is 3.77. The van der Waals surface area contributed by atoms with Gasteiger partial charge in [-0.25, -0.2) is 13.8 Å². The summed E-state index contributed by atoms with van der Waals surface area (Å²) in [6.45, 7) is 6.79. The molecule has 4 rings (SSSR count). The Kier molecular flexibility index (Phi) is 6.52. The zero-order chi connectivity index (χ0) is 23.0. The van der Waals surface area contributed by atoms with Crippen LogP contribution in [0.3, 0.4) is 0 Å². The highest BCUT2D eigenvalue weighted by Gasteiger charge is 2.22. The molecule has 0 saturated carbocycles. The number of halogens is 2. The molecular formula is C22H24F2N4O2S2. The van der Waals surface area contributed by atoms with Crippen LogP contribution >= 0.6 is 23.1 Å². The zero-order valence-electron chi connectivity index (χ0n) is 18.1. The molecule has 3 aromatic rings. The number of nitrogens with zero attached hydrogens (tertiary/aromatic N) is 2. The van der Waals surface area contributed by atoms with Crippen LogP contribution in [0.25, 0.3) is 10.2 Å². The summed E-state index contributed by atoms with van der Waals surface area (Å²) in [5.41, 5.74) is 0.791. The predicted molar refractivity (Wildman–Crippen MR) is 127 cm³/mol. The molecular weight excluding hydrogens is 454 g/mol. The van der Waals surface area contributed by atoms with Crippen molar-refractivity contribution in [2.45, 2.75) is 44.6 Å². The lowest BCUT2D eigenvalue weighted by molar-refractivity contribution is -0.115. The molecule has 1 aromatic carbocycles. The zero-order valence-corrected chi connectivity index (χ0v) is 19.7. The van der Waals surface area contributed by atoms with Crippen LogP contribution in [0.2, 0.25) is 0 Å². The largest absolute Gasteiger partial charge is 0.367 e. The van der Waals surface area contributed by atoms with Gasteiger partial charge in [-0.15, -0.1) is 23.1 Å². The third-order valence-corrected chi connectivity index (χ3v) is 7.89. The van der Waals surface area contributed by atoms with Gasteiger partial charge < -0.3 is 15.2 Å². The first-order valence-electron chi connectivity index (χ1n) is 10.4. The lowest BCUT2D eigenvalue weighted by Crippen LogP contribution is -2.24. The number of thiophene rings is 1. The van der Waals surface area contributed by atoms with Gasteiger partial charge in [0.1, 0.15) is 16.3 Å². The molecule has 170 valence electrons. The highest BCUT2D eigenvalue weighted by atomic mass is 32.2. The van der Waals surface area contributed by atoms with E-state index in [0.717, 1.165) is 35.4 Å². The fourth-order valence-corrected chi connectivity index (χ4v) is 5.58. The Morgan fingerprint density at radius 2 is 1.94 bits per heavy atom. The van der Waals surface area contributed by atoms with Gasteiger partial charge in [0, 0.05) is 23.7 Å². The summed E-state index contributed by atoms with van der Waals surface area (Å²) in [4.78, 5) is 35.6. The Balaban J connectivity index is 1.41. The molecule has 0 radical (unpaired) electrons. The maximum Gasteiger partial charge on any atom is 0.259 e. The molecule has 0 aliphatic carbocycles. The van der Waals surface area contributed by atoms with E-state index < -0.39 is 16.9 Å². The lowest BCUT2D eigenvalue weighted by atomic mass is 10.2. The number of carbonyl (C=O) groups excluding carboxylic acids is 1. The molecule has 1 aliphatic heterocycles. The van der Waals surface area contributed by atoms with Crippen molar-refractivity contribution in [3.8, 4) is 0 Å². The number of nitrogens with one attached hydrogen (secondary N) is 2. The number of aromatic amines is 1. The van der Waals surface area contributed by atoms with Gasteiger partial charge in [-0.05, 0) is 51.3 Å². The minimum absolute atomic E-state index is 0.0348. The third-order valence-electron chi connectivity index (χ3n) is 5.63. The fraction of sp³-hybridized carbons (Fsp3) is 0.409. The van der Waals surface area contributed by atoms with E-state index in [1.807, 2.05) is 13.8 Å². The first-order valence-corrected chi connectivity index (χ1v) is 12.3. The number of aromatic nitrogens is 2. The monoisotopic (exact) mass is 478 g/mol. The summed E-state index contributed by atoms with van der Waals surface area (Å²) in [5, 5.41) is 2.66. The number of anilines is 2. The summed E-state index contributed by atoms with van der Waals surface area (Å²) in [6, 6.07) is 2.31. The number of benzene rings is 1. The summed E-state index contributed by atoms with van der Waals surface area (Å²) < 4.78 is 29.0. The van der Waals surface area contributed by atoms with Crippen LogP contribution in [0, 0.1) is 25.5 Å². The Bertz CT molecular complexity index is 1210. The van der Waals surface area contributed by atoms with Crippen molar-refractivity contribution in [2.24, 2.45) is 0 Å². The smallest absolute Gasteiger partial charge is 0.259 e. The van der Waals surface area contributed by atoms with Crippen molar-refractivity contribution < 1.29 is 13.6 Å². The standard InChI is InChI=1S/C22H24F2N4O2S2/c1-11-12(2)32-22-18(11)21(30)26-17(27-22)10-31-13(3)20(29)25-14-8-15(23)19(16(24)9-14)28-6-4-5-7-28/h8-9,13H,4-7,10H2,1-3H3,(H,25,29)(H,26,27,30). The van der Waals surface area contributed by atoms with E-state index in [2.05, 4.69) is 15.3 Å². The van der Waals surface area contributed by atoms with Gasteiger partial charge >= 0.3 is 0 Å². The molecule has 32 heavy (non-hydrogen) atoms. The molecule has 2 N–H and O–H groups in total. The summed E-state index contributed by atoms with van der Waals surface area (Å²) in [5.74, 6) is -0.931. The van der Waals surface area contributed by atoms with Crippen LogP contribution in [0.5, 0.6) is 0 Å². The van der Waals surface area contributed by atoms with Crippen molar-refractivity contribution >= 4 is 50.6 Å². The average molecular weight is 479 g/mol. The third kappa shape index (κ3) is 4.52. The quantitative estimate of drug-likeness (QED) is 0.535. The van der Waals surface area contributed by atoms with Crippen molar-refractivity contribution in [2.75, 3.05) is 23.3 Å². The van der Waals surface area contributed by atoms with Gasteiger partial charge in [0.2, 0.25) is 5.91 Å². The lowest BCUT2D eigenvalue weighted by Gasteiger charge is -2.20. The van der Waals surface area contributed by atoms with Crippen LogP contribution in [0.1, 0.15) is 36.0 Å². The number of rotatable bonds is 6. The molecule has 0 bridgehead atoms. The Morgan fingerprint density at radius 1 is 1.28 bits per heavy atom. The van der Waals surface area contributed by atoms with Crippen molar-refractivity contribution in [3.63, 3.8) is 0 Å². The highest BCUT2D eigenvalue weighted by molar-refractivity contribution is 7.99. The Morgan fingerprint density at radius 3 is 2.59 bits per heavy atom. The van der Waals surface area contributed by atoms with E-state index >= 15 is 0 Å². The Hall–Kier alpha value is -2.46. The van der Waals surface area contributed by atoms with Gasteiger partial charge in [0.25, 0.3) is 5.56 Å². The summed E-state index contributed by atoms with van der Waals surface area (Å²) in [7, 11) is 0. The Labute approximate surface area is 192 Å². The van der Waals surface area contributed by atoms with Gasteiger partial charge in [-0.3, -0.25) is 9.59 Å². The number of carbonyl (C=O) groups is 1. The molecule has 6 nitrogen and oxygen atoms in total. The number of amides is 1. The highest BCUT2D eigenvalue weighted by Crippen LogP contribution is 2.30. The van der Waals surface area contributed by atoms with Crippen LogP contribution in [-0.4, -0.2) is 34.2 Å². The summed E-state index contributed by atoms with van der Waals surface area (Å²) >= 11 is 2.75. The second-order valence-corrected chi connectivity index (χ2v) is 10.4. The molecule has 1 fully saturated rings. The van der Waals surface area contributed by atoms with Crippen LogP contribution in [0.15, 0.2) is 16.9 Å². The minimum atomic E-state index is -0.681. The normalized spacial score (nSPS) is 14.8. The second-order valence-electron chi connectivity index (χ2n) is 7.90. The van der Waals surface area contributed by atoms with Gasteiger partial charge in [-0.2, -0.15) is 0 Å². The summed E-state index contributed by atoms with van der Waals surface area (Å²) in [6.07, 6.45) is 1.82. The predicted octanol–water partition coefficient (Wildman–Crippen LogP) is 4.74. The first kappa shape index (κ1) is 22.7. The van der Waals surface area contributed by atoms with Crippen LogP contribution in [-0.2, 0) is 10.5 Å². The van der Waals surface area contributed by atoms with Crippen molar-refractivity contribution in [1.82, 2.24) is 9.97 Å². The second kappa shape index (κ2) is 9.19. The maximum absolute atomic E-state index is 14.5. The number of fused-ring (bicyclic) bond motifs is 1. The number of hydrogen-bond donors (Lipinski definition) is 2. The molecule has 1 saturated heterocycles. The molecule has 10 heteroatoms. The van der Waals surface area contributed by atoms with E-state index in [1.54, 1.807) is 11.8 Å². The van der Waals surface area contributed by atoms with Gasteiger partial charge in [0.05, 0.1) is 16.4 Å². The molecule has 1 aliphatic rings. The van der Waals surface area contributed by atoms with E-state index in [4.69, 9.17) is 0 Å². The van der Waals surface area contributed by atoms with E-state index in [-0.39, 0.29) is 22.8 Å². The van der Waals surface area contributed by atoms with Gasteiger partial charge in [0.15, 0.2) is 11.6 Å². The number of aryl methyl sites for hydroxylation is 2. The number of H-pyrrole nitrogens is 1.